The fourth-order valence-electron chi connectivity index (χ4n) is 1.68. The number of hydrogen-bond donors (Lipinski definition) is 0. The van der Waals surface area contributed by atoms with Crippen molar-refractivity contribution in [2.75, 3.05) is 0 Å². The maximum absolute atomic E-state index is 2.41. The molecule has 0 heterocycles. The lowest BCUT2D eigenvalue weighted by Crippen LogP contribution is -1.92. The van der Waals surface area contributed by atoms with Crippen LogP contribution in [0.3, 0.4) is 0 Å². The summed E-state index contributed by atoms with van der Waals surface area (Å²) in [6.07, 6.45) is 9.87. The van der Waals surface area contributed by atoms with Gasteiger partial charge in [0.15, 0.2) is 0 Å². The third-order valence-electron chi connectivity index (χ3n) is 2.72. The van der Waals surface area contributed by atoms with Crippen molar-refractivity contribution in [2.24, 2.45) is 5.92 Å². The summed E-state index contributed by atoms with van der Waals surface area (Å²) in [7, 11) is 0. The molecule has 1 atom stereocenters. The first kappa shape index (κ1) is 9.57. The Labute approximate surface area is 76.4 Å². The molecule has 0 amide bonds. The normalized spacial score (nSPS) is 18.9. The minimum atomic E-state index is 0.763. The SMILES string of the molecule is CCCC1=CC(C(C)CC)=CC1. The maximum Gasteiger partial charge on any atom is -0.0130 e. The minimum absolute atomic E-state index is 0.763. The Bertz CT molecular complexity index is 196. The third-order valence-corrected chi connectivity index (χ3v) is 2.72. The molecule has 0 heteroatoms. The summed E-state index contributed by atoms with van der Waals surface area (Å²) in [5.74, 6) is 0.763. The van der Waals surface area contributed by atoms with Crippen LogP contribution in [0.25, 0.3) is 0 Å². The van der Waals surface area contributed by atoms with Crippen molar-refractivity contribution in [3.05, 3.63) is 23.3 Å². The molecular weight excluding hydrogens is 144 g/mol. The van der Waals surface area contributed by atoms with Crippen LogP contribution in [0.2, 0.25) is 0 Å². The van der Waals surface area contributed by atoms with Crippen LogP contribution < -0.4 is 0 Å². The van der Waals surface area contributed by atoms with E-state index < -0.39 is 0 Å². The van der Waals surface area contributed by atoms with Crippen molar-refractivity contribution in [1.29, 1.82) is 0 Å². The fourth-order valence-corrected chi connectivity index (χ4v) is 1.68. The van der Waals surface area contributed by atoms with E-state index in [0.29, 0.717) is 0 Å². The van der Waals surface area contributed by atoms with Gasteiger partial charge in [0.2, 0.25) is 0 Å². The van der Waals surface area contributed by atoms with E-state index in [1.54, 1.807) is 11.1 Å². The molecule has 0 N–H and O–H groups in total. The summed E-state index contributed by atoms with van der Waals surface area (Å²) < 4.78 is 0. The van der Waals surface area contributed by atoms with Gasteiger partial charge in [0.1, 0.15) is 0 Å². The van der Waals surface area contributed by atoms with Crippen LogP contribution in [0.5, 0.6) is 0 Å². The van der Waals surface area contributed by atoms with Crippen LogP contribution >= 0.6 is 0 Å². The molecular formula is C12H20. The summed E-state index contributed by atoms with van der Waals surface area (Å²) in [4.78, 5) is 0. The zero-order chi connectivity index (χ0) is 8.97. The lowest BCUT2D eigenvalue weighted by Gasteiger charge is -2.06. The molecule has 0 spiro atoms. The van der Waals surface area contributed by atoms with Crippen LogP contribution in [0.1, 0.15) is 46.5 Å². The topological polar surface area (TPSA) is 0 Å². The maximum atomic E-state index is 2.41. The van der Waals surface area contributed by atoms with Crippen LogP contribution in [0, 0.1) is 5.92 Å². The highest BCUT2D eigenvalue weighted by Gasteiger charge is 2.10. The molecule has 1 unspecified atom stereocenters. The predicted octanol–water partition coefficient (Wildman–Crippen LogP) is 4.09. The largest absolute Gasteiger partial charge is 0.0770 e. The Kier molecular flexibility index (Phi) is 3.58. The molecule has 68 valence electrons. The van der Waals surface area contributed by atoms with Gasteiger partial charge in [-0.1, -0.05) is 44.9 Å². The third kappa shape index (κ3) is 2.23. The van der Waals surface area contributed by atoms with Gasteiger partial charge in [-0.3, -0.25) is 0 Å². The standard InChI is InChI=1S/C12H20/c1-4-6-11-7-8-12(9-11)10(3)5-2/h8-10H,4-7H2,1-3H3. The monoisotopic (exact) mass is 164 g/mol. The van der Waals surface area contributed by atoms with Gasteiger partial charge < -0.3 is 0 Å². The van der Waals surface area contributed by atoms with E-state index in [2.05, 4.69) is 32.9 Å². The molecule has 0 fully saturated rings. The molecule has 0 aromatic carbocycles. The summed E-state index contributed by atoms with van der Waals surface area (Å²) >= 11 is 0. The second-order valence-corrected chi connectivity index (χ2v) is 3.77. The summed E-state index contributed by atoms with van der Waals surface area (Å²) in [6, 6.07) is 0. The molecule has 1 aliphatic carbocycles. The Morgan fingerprint density at radius 3 is 2.75 bits per heavy atom. The molecule has 0 aliphatic heterocycles. The van der Waals surface area contributed by atoms with Crippen molar-refractivity contribution in [2.45, 2.75) is 46.5 Å². The van der Waals surface area contributed by atoms with E-state index >= 15 is 0 Å². The van der Waals surface area contributed by atoms with Gasteiger partial charge in [0.05, 0.1) is 0 Å². The summed E-state index contributed by atoms with van der Waals surface area (Å²) in [6.45, 7) is 6.83. The molecule has 0 aromatic rings. The highest BCUT2D eigenvalue weighted by Crippen LogP contribution is 2.27. The first-order valence-electron chi connectivity index (χ1n) is 5.17. The number of rotatable bonds is 4. The van der Waals surface area contributed by atoms with Gasteiger partial charge in [0.25, 0.3) is 0 Å². The Morgan fingerprint density at radius 1 is 1.42 bits per heavy atom. The smallest absolute Gasteiger partial charge is 0.0130 e. The highest BCUT2D eigenvalue weighted by atomic mass is 14.2. The quantitative estimate of drug-likeness (QED) is 0.587. The lowest BCUT2D eigenvalue weighted by atomic mass is 9.99. The second kappa shape index (κ2) is 4.49. The van der Waals surface area contributed by atoms with E-state index in [1.807, 2.05) is 0 Å². The number of allylic oxidation sites excluding steroid dienone is 4. The van der Waals surface area contributed by atoms with Crippen LogP contribution in [0.15, 0.2) is 23.3 Å². The van der Waals surface area contributed by atoms with Crippen LogP contribution in [-0.4, -0.2) is 0 Å². The van der Waals surface area contributed by atoms with Gasteiger partial charge in [0, 0.05) is 0 Å². The number of hydrogen-bond acceptors (Lipinski definition) is 0. The molecule has 0 nitrogen and oxygen atoms in total. The van der Waals surface area contributed by atoms with Crippen molar-refractivity contribution >= 4 is 0 Å². The molecule has 1 rings (SSSR count). The van der Waals surface area contributed by atoms with E-state index in [4.69, 9.17) is 0 Å². The molecule has 0 bridgehead atoms. The molecule has 0 saturated carbocycles. The second-order valence-electron chi connectivity index (χ2n) is 3.77. The van der Waals surface area contributed by atoms with Gasteiger partial charge in [-0.2, -0.15) is 0 Å². The van der Waals surface area contributed by atoms with E-state index in [0.717, 1.165) is 5.92 Å². The van der Waals surface area contributed by atoms with Gasteiger partial charge >= 0.3 is 0 Å². The average molecular weight is 164 g/mol. The first-order chi connectivity index (χ1) is 5.77. The van der Waals surface area contributed by atoms with Gasteiger partial charge in [-0.15, -0.1) is 0 Å². The van der Waals surface area contributed by atoms with Crippen molar-refractivity contribution in [3.8, 4) is 0 Å². The lowest BCUT2D eigenvalue weighted by molar-refractivity contribution is 0.671. The summed E-state index contributed by atoms with van der Waals surface area (Å²) in [5, 5.41) is 0. The molecule has 1 aliphatic rings. The van der Waals surface area contributed by atoms with Crippen molar-refractivity contribution < 1.29 is 0 Å². The molecule has 12 heavy (non-hydrogen) atoms. The summed E-state index contributed by atoms with van der Waals surface area (Å²) in [5.41, 5.74) is 3.20. The molecule has 0 radical (unpaired) electrons. The van der Waals surface area contributed by atoms with Crippen LogP contribution in [-0.2, 0) is 0 Å². The Hall–Kier alpha value is -0.520. The Balaban J connectivity index is 2.49. The van der Waals surface area contributed by atoms with Crippen molar-refractivity contribution in [1.82, 2.24) is 0 Å². The Morgan fingerprint density at radius 2 is 2.17 bits per heavy atom. The predicted molar refractivity (Wildman–Crippen MR) is 55.1 cm³/mol. The average Bonchev–Trinajstić information content (AvgIpc) is 2.52. The minimum Gasteiger partial charge on any atom is -0.0770 e. The fraction of sp³-hybridized carbons (Fsp3) is 0.667. The molecule has 0 saturated heterocycles. The highest BCUT2D eigenvalue weighted by molar-refractivity contribution is 5.33. The van der Waals surface area contributed by atoms with Gasteiger partial charge in [-0.25, -0.2) is 0 Å². The zero-order valence-electron chi connectivity index (χ0n) is 8.56. The molecule has 0 aromatic heterocycles. The first-order valence-corrected chi connectivity index (χ1v) is 5.17. The van der Waals surface area contributed by atoms with Crippen LogP contribution in [0.4, 0.5) is 0 Å². The van der Waals surface area contributed by atoms with E-state index in [-0.39, 0.29) is 0 Å². The van der Waals surface area contributed by atoms with E-state index in [9.17, 15) is 0 Å². The van der Waals surface area contributed by atoms with E-state index in [1.165, 1.54) is 25.7 Å². The van der Waals surface area contributed by atoms with Gasteiger partial charge in [-0.05, 0) is 30.8 Å². The zero-order valence-corrected chi connectivity index (χ0v) is 8.56. The van der Waals surface area contributed by atoms with Crippen molar-refractivity contribution in [3.63, 3.8) is 0 Å².